The fraction of sp³-hybridized carbons (Fsp3) is 0.323. The molecule has 39 heavy (non-hydrogen) atoms. The lowest BCUT2D eigenvalue weighted by atomic mass is 9.75. The van der Waals surface area contributed by atoms with Gasteiger partial charge in [-0.15, -0.1) is 0 Å². The molecule has 1 saturated heterocycles. The van der Waals surface area contributed by atoms with Gasteiger partial charge in [0, 0.05) is 42.8 Å². The maximum atomic E-state index is 14.8. The molecule has 202 valence electrons. The highest BCUT2D eigenvalue weighted by Crippen LogP contribution is 2.42. The predicted molar refractivity (Wildman–Crippen MR) is 148 cm³/mol. The van der Waals surface area contributed by atoms with E-state index in [1.165, 1.54) is 23.1 Å². The van der Waals surface area contributed by atoms with Gasteiger partial charge in [-0.1, -0.05) is 62.4 Å². The Balaban J connectivity index is 1.35. The Morgan fingerprint density at radius 2 is 1.51 bits per heavy atom. The molecule has 3 amide bonds. The number of likely N-dealkylation sites (tertiary alicyclic amines) is 1. The van der Waals surface area contributed by atoms with E-state index in [0.717, 1.165) is 11.3 Å². The average Bonchev–Trinajstić information content (AvgIpc) is 3.21. The summed E-state index contributed by atoms with van der Waals surface area (Å²) in [5, 5.41) is 10.3. The van der Waals surface area contributed by atoms with Crippen LogP contribution in [0.1, 0.15) is 38.7 Å². The molecule has 0 radical (unpaired) electrons. The van der Waals surface area contributed by atoms with Gasteiger partial charge in [0.15, 0.2) is 0 Å². The summed E-state index contributed by atoms with van der Waals surface area (Å²) in [7, 11) is 0. The molecule has 2 heterocycles. The number of carboxylic acid groups (broad SMARTS) is 1. The molecule has 3 aromatic rings. The zero-order valence-electron chi connectivity index (χ0n) is 22.1. The zero-order chi connectivity index (χ0) is 27.8. The van der Waals surface area contributed by atoms with E-state index in [0.29, 0.717) is 12.2 Å². The molecule has 2 aliphatic heterocycles. The fourth-order valence-corrected chi connectivity index (χ4v) is 5.78. The van der Waals surface area contributed by atoms with Crippen LogP contribution in [-0.2, 0) is 15.0 Å². The topological polar surface area (TPSA) is 81.2 Å². The number of rotatable bonds is 5. The van der Waals surface area contributed by atoms with E-state index in [1.807, 2.05) is 24.3 Å². The Morgan fingerprint density at radius 1 is 0.897 bits per heavy atom. The summed E-state index contributed by atoms with van der Waals surface area (Å²) in [6.45, 7) is 5.17. The molecule has 1 N–H and O–H groups in total. The first kappa shape index (κ1) is 26.4. The highest BCUT2D eigenvalue weighted by molar-refractivity contribution is 6.02. The van der Waals surface area contributed by atoms with Crippen LogP contribution in [0.4, 0.5) is 26.2 Å². The molecular weight excluding hydrogens is 497 g/mol. The number of benzene rings is 3. The molecule has 0 aliphatic carbocycles. The molecule has 5 rings (SSSR count). The van der Waals surface area contributed by atoms with Crippen molar-refractivity contribution in [1.82, 2.24) is 4.90 Å². The van der Waals surface area contributed by atoms with Gasteiger partial charge >= 0.3 is 12.0 Å². The molecule has 7 nitrogen and oxygen atoms in total. The lowest BCUT2D eigenvalue weighted by molar-refractivity contribution is -0.154. The first-order valence-electron chi connectivity index (χ1n) is 13.1. The van der Waals surface area contributed by atoms with Gasteiger partial charge in [0.05, 0.1) is 11.1 Å². The first-order valence-corrected chi connectivity index (χ1v) is 13.1. The van der Waals surface area contributed by atoms with Gasteiger partial charge in [0.25, 0.3) is 0 Å². The molecule has 0 spiro atoms. The minimum Gasteiger partial charge on any atom is -0.481 e. The van der Waals surface area contributed by atoms with Crippen molar-refractivity contribution < 1.29 is 23.9 Å². The summed E-state index contributed by atoms with van der Waals surface area (Å²) in [4.78, 5) is 44.6. The van der Waals surface area contributed by atoms with Crippen molar-refractivity contribution >= 4 is 35.0 Å². The number of aliphatic carboxylic acids is 1. The maximum Gasteiger partial charge on any atom is 0.324 e. The standard InChI is InChI=1S/C31H32FN3O4/c1-30(2)21-34(25-14-8-6-12-23(25)30)29(39)33-18-16-31(17-19-33,28(37)38)20-27(36)35(22-10-4-3-5-11-22)26-15-9-7-13-24(26)32/h3-15H,16-21H2,1-2H3,(H,37,38). The number of fused-ring (bicyclic) bond motifs is 1. The number of anilines is 3. The van der Waals surface area contributed by atoms with Gasteiger partial charge in [0.2, 0.25) is 5.91 Å². The summed E-state index contributed by atoms with van der Waals surface area (Å²) < 4.78 is 14.8. The van der Waals surface area contributed by atoms with Crippen molar-refractivity contribution in [3.63, 3.8) is 0 Å². The molecule has 3 aromatic carbocycles. The van der Waals surface area contributed by atoms with Gasteiger partial charge in [0.1, 0.15) is 5.82 Å². The number of amides is 3. The number of hydrogen-bond donors (Lipinski definition) is 1. The van der Waals surface area contributed by atoms with E-state index in [1.54, 1.807) is 46.2 Å². The second-order valence-electron chi connectivity index (χ2n) is 11.0. The summed E-state index contributed by atoms with van der Waals surface area (Å²) in [6, 6.07) is 22.3. The number of carbonyl (C=O) groups is 3. The second kappa shape index (κ2) is 10.2. The Bertz CT molecular complexity index is 1400. The average molecular weight is 530 g/mol. The minimum atomic E-state index is -1.37. The van der Waals surface area contributed by atoms with Crippen molar-refractivity contribution in [1.29, 1.82) is 0 Å². The maximum absolute atomic E-state index is 14.8. The van der Waals surface area contributed by atoms with Crippen LogP contribution in [-0.4, -0.2) is 47.5 Å². The van der Waals surface area contributed by atoms with E-state index < -0.39 is 23.1 Å². The number of hydrogen-bond acceptors (Lipinski definition) is 3. The van der Waals surface area contributed by atoms with Crippen LogP contribution in [0, 0.1) is 11.2 Å². The molecule has 0 atom stereocenters. The van der Waals surface area contributed by atoms with Crippen LogP contribution in [0.15, 0.2) is 78.9 Å². The Labute approximate surface area is 227 Å². The van der Waals surface area contributed by atoms with Crippen molar-refractivity contribution in [3.8, 4) is 0 Å². The van der Waals surface area contributed by atoms with Crippen molar-refractivity contribution in [2.24, 2.45) is 5.41 Å². The summed E-state index contributed by atoms with van der Waals surface area (Å²) in [5.74, 6) is -2.17. The molecule has 0 saturated carbocycles. The SMILES string of the molecule is CC1(C)CN(C(=O)N2CCC(CC(=O)N(c3ccccc3)c3ccccc3F)(C(=O)O)CC2)c2ccccc21. The molecule has 1 fully saturated rings. The number of urea groups is 1. The summed E-state index contributed by atoms with van der Waals surface area (Å²) in [5.41, 5.74) is 0.950. The number of carbonyl (C=O) groups excluding carboxylic acids is 2. The predicted octanol–water partition coefficient (Wildman–Crippen LogP) is 5.97. The number of para-hydroxylation sites is 3. The molecule has 0 aromatic heterocycles. The third-order valence-electron chi connectivity index (χ3n) is 8.00. The second-order valence-corrected chi connectivity index (χ2v) is 11.0. The van der Waals surface area contributed by atoms with E-state index >= 15 is 0 Å². The summed E-state index contributed by atoms with van der Waals surface area (Å²) >= 11 is 0. The molecule has 0 bridgehead atoms. The van der Waals surface area contributed by atoms with Crippen LogP contribution < -0.4 is 9.80 Å². The Morgan fingerprint density at radius 3 is 2.18 bits per heavy atom. The van der Waals surface area contributed by atoms with Crippen LogP contribution in [0.3, 0.4) is 0 Å². The lowest BCUT2D eigenvalue weighted by Gasteiger charge is -2.40. The van der Waals surface area contributed by atoms with E-state index in [-0.39, 0.29) is 49.5 Å². The number of piperidine rings is 1. The zero-order valence-corrected chi connectivity index (χ0v) is 22.1. The van der Waals surface area contributed by atoms with Crippen LogP contribution in [0.5, 0.6) is 0 Å². The highest BCUT2D eigenvalue weighted by Gasteiger charge is 2.47. The highest BCUT2D eigenvalue weighted by atomic mass is 19.1. The first-order chi connectivity index (χ1) is 18.6. The van der Waals surface area contributed by atoms with Crippen LogP contribution >= 0.6 is 0 Å². The van der Waals surface area contributed by atoms with Crippen LogP contribution in [0.2, 0.25) is 0 Å². The van der Waals surface area contributed by atoms with Gasteiger partial charge in [-0.05, 0) is 48.7 Å². The van der Waals surface area contributed by atoms with Crippen LogP contribution in [0.25, 0.3) is 0 Å². The third-order valence-corrected chi connectivity index (χ3v) is 8.00. The molecule has 2 aliphatic rings. The van der Waals surface area contributed by atoms with Crippen molar-refractivity contribution in [2.45, 2.75) is 38.5 Å². The normalized spacial score (nSPS) is 17.4. The van der Waals surface area contributed by atoms with E-state index in [2.05, 4.69) is 13.8 Å². The largest absolute Gasteiger partial charge is 0.481 e. The number of carboxylic acids is 1. The van der Waals surface area contributed by atoms with Gasteiger partial charge in [-0.25, -0.2) is 9.18 Å². The molecular formula is C31H32FN3O4. The monoisotopic (exact) mass is 529 g/mol. The summed E-state index contributed by atoms with van der Waals surface area (Å²) in [6.07, 6.45) is -0.0651. The van der Waals surface area contributed by atoms with E-state index in [4.69, 9.17) is 0 Å². The van der Waals surface area contributed by atoms with Gasteiger partial charge in [-0.2, -0.15) is 0 Å². The number of halogens is 1. The Hall–Kier alpha value is -4.20. The van der Waals surface area contributed by atoms with Gasteiger partial charge < -0.3 is 10.0 Å². The fourth-order valence-electron chi connectivity index (χ4n) is 5.78. The van der Waals surface area contributed by atoms with E-state index in [9.17, 15) is 23.9 Å². The van der Waals surface area contributed by atoms with Crippen molar-refractivity contribution in [3.05, 3.63) is 90.2 Å². The Kier molecular flexibility index (Phi) is 6.89. The lowest BCUT2D eigenvalue weighted by Crippen LogP contribution is -2.52. The number of nitrogens with zero attached hydrogens (tertiary/aromatic N) is 3. The molecule has 8 heteroatoms. The quantitative estimate of drug-likeness (QED) is 0.442. The smallest absolute Gasteiger partial charge is 0.324 e. The minimum absolute atomic E-state index is 0.0668. The van der Waals surface area contributed by atoms with Crippen molar-refractivity contribution in [2.75, 3.05) is 29.4 Å². The third kappa shape index (κ3) is 4.87. The molecule has 0 unspecified atom stereocenters. The van der Waals surface area contributed by atoms with Gasteiger partial charge in [-0.3, -0.25) is 19.4 Å².